The van der Waals surface area contributed by atoms with Gasteiger partial charge in [-0.2, -0.15) is 0 Å². The number of aromatic hydroxyl groups is 1. The highest BCUT2D eigenvalue weighted by Gasteiger charge is 2.72. The summed E-state index contributed by atoms with van der Waals surface area (Å²) in [6.07, 6.45) is 0.879. The molecule has 0 aromatic heterocycles. The van der Waals surface area contributed by atoms with Gasteiger partial charge in [0.25, 0.3) is 0 Å². The summed E-state index contributed by atoms with van der Waals surface area (Å²) in [7, 11) is 0. The van der Waals surface area contributed by atoms with Gasteiger partial charge in [0, 0.05) is 35.2 Å². The molecule has 8 heteroatoms. The van der Waals surface area contributed by atoms with E-state index in [1.165, 1.54) is 0 Å². The number of hydrogen-bond donors (Lipinski definition) is 4. The SMILES string of the molecule is CC(=O)C1=C(O)[C@]2(O)C(=O)C3=C(O)c4c(O)c(CCC(=O)Cc5ccccc5)cc(C(C)C)c4C[C@]3(C)C[C@]2(C)C(C(C)C)C1=O. The first-order chi connectivity index (χ1) is 21.4. The van der Waals surface area contributed by atoms with Crippen molar-refractivity contribution < 1.29 is 39.6 Å². The van der Waals surface area contributed by atoms with E-state index in [1.807, 2.05) is 50.2 Å². The number of phenols is 1. The van der Waals surface area contributed by atoms with E-state index in [9.17, 15) is 39.6 Å². The number of Topliss-reactive ketones (excluding diaryl/α,β-unsaturated/α-hetero) is 4. The summed E-state index contributed by atoms with van der Waals surface area (Å²) in [6.45, 7) is 12.0. The third kappa shape index (κ3) is 4.75. The lowest BCUT2D eigenvalue weighted by atomic mass is 9.43. The second-order valence-corrected chi connectivity index (χ2v) is 14.6. The number of aliphatic hydroxyl groups excluding tert-OH is 2. The Hall–Kier alpha value is -4.04. The van der Waals surface area contributed by atoms with Gasteiger partial charge in [0.1, 0.15) is 28.6 Å². The Morgan fingerprint density at radius 1 is 1.00 bits per heavy atom. The average Bonchev–Trinajstić information content (AvgIpc) is 2.94. The molecular weight excluding hydrogens is 584 g/mol. The number of aliphatic hydroxyl groups is 3. The maximum absolute atomic E-state index is 14.6. The van der Waals surface area contributed by atoms with Gasteiger partial charge in [-0.15, -0.1) is 0 Å². The molecule has 244 valence electrons. The van der Waals surface area contributed by atoms with Crippen LogP contribution in [0, 0.1) is 22.7 Å². The van der Waals surface area contributed by atoms with E-state index in [1.54, 1.807) is 27.7 Å². The largest absolute Gasteiger partial charge is 0.508 e. The molecule has 1 fully saturated rings. The Bertz CT molecular complexity index is 1730. The second kappa shape index (κ2) is 11.3. The van der Waals surface area contributed by atoms with E-state index < -0.39 is 56.8 Å². The molecule has 3 aliphatic rings. The van der Waals surface area contributed by atoms with Crippen LogP contribution in [-0.4, -0.2) is 49.2 Å². The van der Waals surface area contributed by atoms with Crippen molar-refractivity contribution in [1.82, 2.24) is 0 Å². The summed E-state index contributed by atoms with van der Waals surface area (Å²) < 4.78 is 0. The summed E-state index contributed by atoms with van der Waals surface area (Å²) in [4.78, 5) is 53.8. The van der Waals surface area contributed by atoms with Gasteiger partial charge in [-0.25, -0.2) is 0 Å². The lowest BCUT2D eigenvalue weighted by molar-refractivity contribution is -0.178. The first-order valence-corrected chi connectivity index (χ1v) is 16.0. The van der Waals surface area contributed by atoms with E-state index in [0.717, 1.165) is 18.1 Å². The molecule has 1 unspecified atom stereocenters. The summed E-state index contributed by atoms with van der Waals surface area (Å²) in [5.41, 5.74) is -3.07. The number of allylic oxidation sites excluding steroid dienone is 1. The van der Waals surface area contributed by atoms with Crippen LogP contribution in [0.3, 0.4) is 0 Å². The highest BCUT2D eigenvalue weighted by Crippen LogP contribution is 2.65. The molecule has 0 heterocycles. The van der Waals surface area contributed by atoms with Crippen LogP contribution in [-0.2, 0) is 38.4 Å². The topological polar surface area (TPSA) is 149 Å². The summed E-state index contributed by atoms with van der Waals surface area (Å²) >= 11 is 0. The summed E-state index contributed by atoms with van der Waals surface area (Å²) in [5.74, 6) is -5.49. The van der Waals surface area contributed by atoms with Crippen LogP contribution in [0.2, 0.25) is 0 Å². The molecular formula is C38H44O8. The number of carbonyl (C=O) groups excluding carboxylic acids is 4. The number of carbonyl (C=O) groups is 4. The fourth-order valence-electron chi connectivity index (χ4n) is 8.76. The first kappa shape index (κ1) is 33.3. The number of hydrogen-bond acceptors (Lipinski definition) is 8. The van der Waals surface area contributed by atoms with Gasteiger partial charge in [0.15, 0.2) is 17.2 Å². The predicted octanol–water partition coefficient (Wildman–Crippen LogP) is 6.06. The molecule has 2 aromatic carbocycles. The van der Waals surface area contributed by atoms with Crippen molar-refractivity contribution in [3.63, 3.8) is 0 Å². The van der Waals surface area contributed by atoms with Crippen molar-refractivity contribution in [3.8, 4) is 5.75 Å². The molecule has 46 heavy (non-hydrogen) atoms. The second-order valence-electron chi connectivity index (χ2n) is 14.6. The van der Waals surface area contributed by atoms with Crippen molar-refractivity contribution in [2.75, 3.05) is 0 Å². The highest BCUT2D eigenvalue weighted by molar-refractivity contribution is 6.24. The van der Waals surface area contributed by atoms with Crippen molar-refractivity contribution in [2.45, 2.75) is 92.1 Å². The lowest BCUT2D eigenvalue weighted by Gasteiger charge is -2.60. The molecule has 3 aliphatic carbocycles. The molecule has 4 N–H and O–H groups in total. The zero-order chi connectivity index (χ0) is 34.1. The average molecular weight is 629 g/mol. The van der Waals surface area contributed by atoms with Crippen LogP contribution in [0.5, 0.6) is 5.75 Å². The molecule has 0 saturated heterocycles. The molecule has 2 aromatic rings. The standard InChI is InChI=1S/C38H44O8/c1-19(2)25-16-23(13-14-24(40)15-22-11-9-8-10-12-22)31(41)28-26(25)17-36(6)18-37(7)29(20(3)4)32(42)27(21(5)39)34(44)38(37,46)35(45)30(36)33(28)43/h8-12,16,19-20,29,41,43-44,46H,13-15,17-18H2,1-7H3/t29?,36-,37-,38+/m1/s1. The molecule has 0 amide bonds. The van der Waals surface area contributed by atoms with Gasteiger partial charge in [0.05, 0.1) is 5.56 Å². The molecule has 0 radical (unpaired) electrons. The maximum atomic E-state index is 14.6. The van der Waals surface area contributed by atoms with Crippen LogP contribution in [0.15, 0.2) is 53.3 Å². The third-order valence-electron chi connectivity index (χ3n) is 10.7. The molecule has 0 spiro atoms. The van der Waals surface area contributed by atoms with Crippen LogP contribution in [0.4, 0.5) is 0 Å². The van der Waals surface area contributed by atoms with Crippen LogP contribution >= 0.6 is 0 Å². The van der Waals surface area contributed by atoms with Gasteiger partial charge >= 0.3 is 0 Å². The predicted molar refractivity (Wildman–Crippen MR) is 173 cm³/mol. The number of ketones is 4. The first-order valence-electron chi connectivity index (χ1n) is 16.0. The van der Waals surface area contributed by atoms with Gasteiger partial charge < -0.3 is 20.4 Å². The Kier molecular flexibility index (Phi) is 8.21. The van der Waals surface area contributed by atoms with Gasteiger partial charge in [-0.1, -0.05) is 77.9 Å². The fraction of sp³-hybridized carbons (Fsp3) is 0.474. The maximum Gasteiger partial charge on any atom is 0.203 e. The number of fused-ring (bicyclic) bond motifs is 3. The lowest BCUT2D eigenvalue weighted by Crippen LogP contribution is -2.69. The molecule has 5 rings (SSSR count). The molecule has 1 saturated carbocycles. The van der Waals surface area contributed by atoms with Crippen molar-refractivity contribution >= 4 is 28.9 Å². The molecule has 4 atom stereocenters. The van der Waals surface area contributed by atoms with E-state index in [2.05, 4.69) is 0 Å². The van der Waals surface area contributed by atoms with Crippen LogP contribution in [0.25, 0.3) is 5.76 Å². The number of aryl methyl sites for hydroxylation is 1. The number of phenolic OH excluding ortho intramolecular Hbond substituents is 1. The van der Waals surface area contributed by atoms with Crippen LogP contribution in [0.1, 0.15) is 95.0 Å². The normalized spacial score (nSPS) is 27.6. The van der Waals surface area contributed by atoms with Gasteiger partial charge in [-0.3, -0.25) is 19.2 Å². The fourth-order valence-corrected chi connectivity index (χ4v) is 8.76. The molecule has 8 nitrogen and oxygen atoms in total. The van der Waals surface area contributed by atoms with E-state index >= 15 is 0 Å². The van der Waals surface area contributed by atoms with Gasteiger partial charge in [0.2, 0.25) is 5.78 Å². The summed E-state index contributed by atoms with van der Waals surface area (Å²) in [6, 6.07) is 11.2. The van der Waals surface area contributed by atoms with E-state index in [-0.39, 0.29) is 66.6 Å². The minimum absolute atomic E-state index is 0.0105. The van der Waals surface area contributed by atoms with Crippen molar-refractivity contribution in [1.29, 1.82) is 0 Å². The monoisotopic (exact) mass is 628 g/mol. The Morgan fingerprint density at radius 3 is 2.20 bits per heavy atom. The van der Waals surface area contributed by atoms with Gasteiger partial charge in [-0.05, 0) is 60.3 Å². The Morgan fingerprint density at radius 2 is 1.63 bits per heavy atom. The highest BCUT2D eigenvalue weighted by atomic mass is 16.3. The minimum Gasteiger partial charge on any atom is -0.508 e. The third-order valence-corrected chi connectivity index (χ3v) is 10.7. The number of rotatable bonds is 8. The van der Waals surface area contributed by atoms with E-state index in [4.69, 9.17) is 0 Å². The van der Waals surface area contributed by atoms with E-state index in [0.29, 0.717) is 11.1 Å². The zero-order valence-electron chi connectivity index (χ0n) is 27.7. The minimum atomic E-state index is -2.66. The van der Waals surface area contributed by atoms with Crippen molar-refractivity contribution in [2.24, 2.45) is 22.7 Å². The Balaban J connectivity index is 1.66. The van der Waals surface area contributed by atoms with Crippen molar-refractivity contribution in [3.05, 3.63) is 81.1 Å². The molecule has 0 bridgehead atoms. The quantitative estimate of drug-likeness (QED) is 0.258. The van der Waals surface area contributed by atoms with Crippen LogP contribution < -0.4 is 0 Å². The smallest absolute Gasteiger partial charge is 0.203 e. The summed E-state index contributed by atoms with van der Waals surface area (Å²) in [5, 5.41) is 47.2. The number of benzene rings is 2. The Labute approximate surface area is 269 Å². The molecule has 0 aliphatic heterocycles. The zero-order valence-corrected chi connectivity index (χ0v) is 27.7.